The molecule has 0 unspecified atom stereocenters. The normalized spacial score (nSPS) is 11.6. The minimum Gasteiger partial charge on any atom is -0.311 e. The molecular formula is C70H50N2Si. The van der Waals surface area contributed by atoms with Gasteiger partial charge in [-0.15, -0.1) is 0 Å². The summed E-state index contributed by atoms with van der Waals surface area (Å²) in [6.07, 6.45) is 0. The first-order valence-corrected chi connectivity index (χ1v) is 27.2. The quantitative estimate of drug-likeness (QED) is 0.0926. The maximum Gasteiger partial charge on any atom is 0.179 e. The minimum atomic E-state index is -2.74. The summed E-state index contributed by atoms with van der Waals surface area (Å²) in [5, 5.41) is 10.4. The molecule has 3 heteroatoms. The maximum atomic E-state index is 2.41. The molecule has 0 radical (unpaired) electrons. The Balaban J connectivity index is 0.961. The van der Waals surface area contributed by atoms with Gasteiger partial charge in [0.05, 0.1) is 11.0 Å². The Labute approximate surface area is 428 Å². The van der Waals surface area contributed by atoms with Crippen molar-refractivity contribution >= 4 is 78.5 Å². The number of benzene rings is 12. The molecule has 1 heterocycles. The molecule has 0 aliphatic rings. The van der Waals surface area contributed by atoms with Gasteiger partial charge in [0, 0.05) is 33.5 Å². The van der Waals surface area contributed by atoms with Crippen LogP contribution in [-0.2, 0) is 0 Å². The summed E-state index contributed by atoms with van der Waals surface area (Å²) in [5.74, 6) is 0. The number of aromatic nitrogens is 1. The summed E-state index contributed by atoms with van der Waals surface area (Å²) in [5.41, 5.74) is 14.0. The SMILES string of the molecule is c1ccc(-c2cc3ccccc3cc2-c2ccc(N(c3ccc(-c4cccc5c4c4ccccc4n5-c4ccccc4)cc3)c3ccc([Si](c4ccccc4)(c4ccccc4)c4ccccc4)cc3)cc2)cc1. The molecule has 0 bridgehead atoms. The lowest BCUT2D eigenvalue weighted by atomic mass is 9.91. The second-order valence-corrected chi connectivity index (χ2v) is 22.6. The molecule has 0 spiro atoms. The third-order valence-corrected chi connectivity index (χ3v) is 19.5. The number of anilines is 3. The fraction of sp³-hybridized carbons (Fsp3) is 0. The monoisotopic (exact) mass is 946 g/mol. The largest absolute Gasteiger partial charge is 0.311 e. The molecule has 1 aromatic heterocycles. The van der Waals surface area contributed by atoms with Crippen LogP contribution in [0.15, 0.2) is 303 Å². The Kier molecular flexibility index (Phi) is 11.3. The highest BCUT2D eigenvalue weighted by Crippen LogP contribution is 2.42. The van der Waals surface area contributed by atoms with Crippen LogP contribution in [0.4, 0.5) is 17.1 Å². The van der Waals surface area contributed by atoms with Gasteiger partial charge in [-0.2, -0.15) is 0 Å². The molecule has 344 valence electrons. The standard InChI is InChI=1S/C70H50N2Si/c1-6-21-51(22-7-1)66-49-54-23-16-17-24-55(54)50-67(66)53-39-43-58(44-40-53)71(59-45-47-63(48-46-59)73(60-27-10-3-11-28-60,61-29-12-4-13-30-61)62-31-14-5-15-32-62)57-41-37-52(38-42-57)64-34-20-36-69-70(64)65-33-18-19-35-68(65)72(69)56-25-8-2-9-26-56/h1-50H. The Morgan fingerprint density at radius 1 is 0.274 bits per heavy atom. The van der Waals surface area contributed by atoms with Crippen LogP contribution < -0.4 is 25.6 Å². The highest BCUT2D eigenvalue weighted by molar-refractivity contribution is 7.19. The Hall–Kier alpha value is -9.28. The van der Waals surface area contributed by atoms with Gasteiger partial charge in [0.1, 0.15) is 0 Å². The van der Waals surface area contributed by atoms with Gasteiger partial charge in [-0.25, -0.2) is 0 Å². The zero-order valence-corrected chi connectivity index (χ0v) is 41.3. The first-order valence-electron chi connectivity index (χ1n) is 25.2. The van der Waals surface area contributed by atoms with E-state index in [4.69, 9.17) is 0 Å². The van der Waals surface area contributed by atoms with E-state index in [1.165, 1.54) is 86.7 Å². The highest BCUT2D eigenvalue weighted by atomic mass is 28.3. The van der Waals surface area contributed by atoms with Crippen LogP contribution in [0.2, 0.25) is 0 Å². The molecule has 0 saturated heterocycles. The molecule has 0 amide bonds. The predicted octanol–water partition coefficient (Wildman–Crippen LogP) is 15.8. The Bertz CT molecular complexity index is 3930. The van der Waals surface area contributed by atoms with E-state index in [9.17, 15) is 0 Å². The van der Waals surface area contributed by atoms with Crippen LogP contribution in [0.1, 0.15) is 0 Å². The third-order valence-electron chi connectivity index (χ3n) is 14.7. The zero-order valence-electron chi connectivity index (χ0n) is 40.3. The summed E-state index contributed by atoms with van der Waals surface area (Å²) >= 11 is 0. The van der Waals surface area contributed by atoms with Crippen LogP contribution in [0.25, 0.3) is 71.6 Å². The number of para-hydroxylation sites is 2. The Morgan fingerprint density at radius 3 is 1.18 bits per heavy atom. The van der Waals surface area contributed by atoms with Gasteiger partial charge in [0.15, 0.2) is 8.07 Å². The molecule has 73 heavy (non-hydrogen) atoms. The molecule has 0 saturated carbocycles. The van der Waals surface area contributed by atoms with Crippen LogP contribution in [0.5, 0.6) is 0 Å². The Morgan fingerprint density at radius 2 is 0.658 bits per heavy atom. The summed E-state index contributed by atoms with van der Waals surface area (Å²) < 4.78 is 2.39. The second-order valence-electron chi connectivity index (χ2n) is 18.8. The molecule has 0 aliphatic carbocycles. The molecule has 0 aliphatic heterocycles. The van der Waals surface area contributed by atoms with E-state index in [0.717, 1.165) is 22.7 Å². The number of hydrogen-bond acceptors (Lipinski definition) is 1. The van der Waals surface area contributed by atoms with Crippen LogP contribution in [-0.4, -0.2) is 12.6 Å². The van der Waals surface area contributed by atoms with Crippen LogP contribution in [0, 0.1) is 0 Å². The second kappa shape index (κ2) is 18.8. The van der Waals surface area contributed by atoms with Crippen molar-refractivity contribution in [2.24, 2.45) is 0 Å². The maximum absolute atomic E-state index is 2.74. The van der Waals surface area contributed by atoms with Gasteiger partial charge in [-0.3, -0.25) is 0 Å². The van der Waals surface area contributed by atoms with E-state index in [-0.39, 0.29) is 0 Å². The average molecular weight is 947 g/mol. The van der Waals surface area contributed by atoms with E-state index in [1.807, 2.05) is 0 Å². The molecule has 0 N–H and O–H groups in total. The molecule has 0 fully saturated rings. The van der Waals surface area contributed by atoms with Crippen molar-refractivity contribution in [2.75, 3.05) is 4.90 Å². The van der Waals surface area contributed by atoms with Gasteiger partial charge in [-0.05, 0) is 138 Å². The van der Waals surface area contributed by atoms with Crippen molar-refractivity contribution < 1.29 is 0 Å². The summed E-state index contributed by atoms with van der Waals surface area (Å²) in [6.45, 7) is 0. The molecule has 13 rings (SSSR count). The lowest BCUT2D eigenvalue weighted by Crippen LogP contribution is -2.74. The van der Waals surface area contributed by atoms with Crippen molar-refractivity contribution in [3.05, 3.63) is 303 Å². The lowest BCUT2D eigenvalue weighted by Gasteiger charge is -2.35. The van der Waals surface area contributed by atoms with Crippen molar-refractivity contribution in [2.45, 2.75) is 0 Å². The highest BCUT2D eigenvalue weighted by Gasteiger charge is 2.41. The summed E-state index contributed by atoms with van der Waals surface area (Å²) in [7, 11) is -2.74. The topological polar surface area (TPSA) is 8.17 Å². The minimum absolute atomic E-state index is 1.08. The zero-order chi connectivity index (χ0) is 48.6. The van der Waals surface area contributed by atoms with Gasteiger partial charge < -0.3 is 9.47 Å². The van der Waals surface area contributed by atoms with E-state index in [0.29, 0.717) is 0 Å². The van der Waals surface area contributed by atoms with Crippen molar-refractivity contribution in [1.29, 1.82) is 0 Å². The molecule has 12 aromatic carbocycles. The van der Waals surface area contributed by atoms with E-state index in [2.05, 4.69) is 313 Å². The molecule has 13 aromatic rings. The van der Waals surface area contributed by atoms with E-state index < -0.39 is 8.07 Å². The van der Waals surface area contributed by atoms with Gasteiger partial charge in [-0.1, -0.05) is 231 Å². The first kappa shape index (κ1) is 43.7. The van der Waals surface area contributed by atoms with Crippen molar-refractivity contribution in [3.8, 4) is 39.1 Å². The number of fused-ring (bicyclic) bond motifs is 4. The van der Waals surface area contributed by atoms with E-state index >= 15 is 0 Å². The van der Waals surface area contributed by atoms with Crippen LogP contribution >= 0.6 is 0 Å². The van der Waals surface area contributed by atoms with Gasteiger partial charge in [0.25, 0.3) is 0 Å². The average Bonchev–Trinajstić information content (AvgIpc) is 3.82. The predicted molar refractivity (Wildman–Crippen MR) is 313 cm³/mol. The molecule has 0 atom stereocenters. The smallest absolute Gasteiger partial charge is 0.179 e. The van der Waals surface area contributed by atoms with Crippen molar-refractivity contribution in [1.82, 2.24) is 4.57 Å². The van der Waals surface area contributed by atoms with Crippen LogP contribution in [0.3, 0.4) is 0 Å². The lowest BCUT2D eigenvalue weighted by molar-refractivity contribution is 1.18. The third kappa shape index (κ3) is 7.75. The summed E-state index contributed by atoms with van der Waals surface area (Å²) in [4.78, 5) is 2.41. The fourth-order valence-electron chi connectivity index (χ4n) is 11.4. The van der Waals surface area contributed by atoms with Gasteiger partial charge in [0.2, 0.25) is 0 Å². The fourth-order valence-corrected chi connectivity index (χ4v) is 16.1. The first-order chi connectivity index (χ1) is 36.2. The number of rotatable bonds is 11. The number of hydrogen-bond donors (Lipinski definition) is 0. The molecular weight excluding hydrogens is 897 g/mol. The van der Waals surface area contributed by atoms with E-state index in [1.54, 1.807) is 0 Å². The van der Waals surface area contributed by atoms with Gasteiger partial charge >= 0.3 is 0 Å². The summed E-state index contributed by atoms with van der Waals surface area (Å²) in [6, 6.07) is 112. The number of nitrogens with zero attached hydrogens (tertiary/aromatic N) is 2. The molecule has 2 nitrogen and oxygen atoms in total. The van der Waals surface area contributed by atoms with Crippen molar-refractivity contribution in [3.63, 3.8) is 0 Å².